The molecule has 0 amide bonds. The molecule has 1 fully saturated rings. The summed E-state index contributed by atoms with van der Waals surface area (Å²) >= 11 is 0. The summed E-state index contributed by atoms with van der Waals surface area (Å²) in [6.45, 7) is 9.81. The molecular formula is C14H30N2O2. The van der Waals surface area contributed by atoms with Crippen molar-refractivity contribution in [2.75, 3.05) is 33.3 Å². The van der Waals surface area contributed by atoms with Crippen molar-refractivity contribution in [1.82, 2.24) is 10.2 Å². The Hall–Kier alpha value is -0.160. The van der Waals surface area contributed by atoms with Crippen LogP contribution in [0.15, 0.2) is 0 Å². The van der Waals surface area contributed by atoms with E-state index in [1.165, 1.54) is 6.42 Å². The lowest BCUT2D eigenvalue weighted by Gasteiger charge is -2.35. The molecule has 1 saturated heterocycles. The van der Waals surface area contributed by atoms with Crippen molar-refractivity contribution < 1.29 is 9.84 Å². The van der Waals surface area contributed by atoms with Gasteiger partial charge in [-0.25, -0.2) is 0 Å². The quantitative estimate of drug-likeness (QED) is 0.674. The van der Waals surface area contributed by atoms with Crippen LogP contribution >= 0.6 is 0 Å². The van der Waals surface area contributed by atoms with Crippen molar-refractivity contribution in [1.29, 1.82) is 0 Å². The number of aliphatic hydroxyl groups is 1. The molecule has 18 heavy (non-hydrogen) atoms. The number of ether oxygens (including phenoxy) is 1. The summed E-state index contributed by atoms with van der Waals surface area (Å²) in [6.07, 6.45) is 4.08. The van der Waals surface area contributed by atoms with Gasteiger partial charge in [0.1, 0.15) is 0 Å². The topological polar surface area (TPSA) is 44.7 Å². The smallest absolute Gasteiger partial charge is 0.0678 e. The number of rotatable bonds is 7. The SMILES string of the molecule is CNC(C)(CO)CCCCN1CC(C)OC(C)C1. The van der Waals surface area contributed by atoms with E-state index in [2.05, 4.69) is 31.0 Å². The number of morpholine rings is 1. The minimum absolute atomic E-state index is 0.119. The second-order valence-electron chi connectivity index (χ2n) is 5.94. The monoisotopic (exact) mass is 258 g/mol. The summed E-state index contributed by atoms with van der Waals surface area (Å²) in [5.74, 6) is 0. The van der Waals surface area contributed by atoms with Crippen LogP contribution in [0.3, 0.4) is 0 Å². The fraction of sp³-hybridized carbons (Fsp3) is 1.00. The van der Waals surface area contributed by atoms with Crippen molar-refractivity contribution in [2.45, 2.75) is 57.8 Å². The number of likely N-dealkylation sites (N-methyl/N-ethyl adjacent to an activating group) is 1. The Morgan fingerprint density at radius 2 is 1.89 bits per heavy atom. The molecule has 1 rings (SSSR count). The molecular weight excluding hydrogens is 228 g/mol. The first-order chi connectivity index (χ1) is 8.49. The Morgan fingerprint density at radius 1 is 1.28 bits per heavy atom. The van der Waals surface area contributed by atoms with E-state index < -0.39 is 0 Å². The molecule has 0 aliphatic carbocycles. The Kier molecular flexibility index (Phi) is 6.57. The fourth-order valence-corrected chi connectivity index (χ4v) is 2.60. The first kappa shape index (κ1) is 15.9. The first-order valence-electron chi connectivity index (χ1n) is 7.16. The average Bonchev–Trinajstić information content (AvgIpc) is 2.33. The molecule has 0 saturated carbocycles. The predicted octanol–water partition coefficient (Wildman–Crippen LogP) is 1.24. The van der Waals surface area contributed by atoms with E-state index in [4.69, 9.17) is 4.74 Å². The maximum absolute atomic E-state index is 9.31. The molecule has 2 N–H and O–H groups in total. The van der Waals surface area contributed by atoms with Gasteiger partial charge in [0.2, 0.25) is 0 Å². The zero-order chi connectivity index (χ0) is 13.6. The van der Waals surface area contributed by atoms with Gasteiger partial charge in [0, 0.05) is 18.6 Å². The molecule has 1 aliphatic rings. The van der Waals surface area contributed by atoms with Gasteiger partial charge < -0.3 is 15.2 Å². The molecule has 0 aromatic carbocycles. The summed E-state index contributed by atoms with van der Waals surface area (Å²) in [5, 5.41) is 12.5. The summed E-state index contributed by atoms with van der Waals surface area (Å²) in [4.78, 5) is 2.49. The van der Waals surface area contributed by atoms with Gasteiger partial charge in [0.05, 0.1) is 18.8 Å². The van der Waals surface area contributed by atoms with Gasteiger partial charge in [-0.2, -0.15) is 0 Å². The second-order valence-corrected chi connectivity index (χ2v) is 5.94. The molecule has 0 radical (unpaired) electrons. The molecule has 0 bridgehead atoms. The number of hydrogen-bond acceptors (Lipinski definition) is 4. The molecule has 108 valence electrons. The maximum Gasteiger partial charge on any atom is 0.0678 e. The Morgan fingerprint density at radius 3 is 2.39 bits per heavy atom. The minimum atomic E-state index is -0.119. The molecule has 0 aromatic rings. The standard InChI is InChI=1S/C14H30N2O2/c1-12-9-16(10-13(2)18-12)8-6-5-7-14(3,11-17)15-4/h12-13,15,17H,5-11H2,1-4H3. The highest BCUT2D eigenvalue weighted by atomic mass is 16.5. The van der Waals surface area contributed by atoms with E-state index >= 15 is 0 Å². The van der Waals surface area contributed by atoms with Gasteiger partial charge in [-0.1, -0.05) is 6.42 Å². The third kappa shape index (κ3) is 5.22. The van der Waals surface area contributed by atoms with Gasteiger partial charge in [0.25, 0.3) is 0 Å². The Labute approximate surface area is 112 Å². The minimum Gasteiger partial charge on any atom is -0.394 e. The molecule has 3 atom stereocenters. The predicted molar refractivity (Wildman–Crippen MR) is 74.9 cm³/mol. The number of hydrogen-bond donors (Lipinski definition) is 2. The van der Waals surface area contributed by atoms with Crippen LogP contribution in [0.1, 0.15) is 40.0 Å². The molecule has 1 aliphatic heterocycles. The van der Waals surface area contributed by atoms with Crippen molar-refractivity contribution in [3.8, 4) is 0 Å². The van der Waals surface area contributed by atoms with E-state index in [1.807, 2.05) is 7.05 Å². The second kappa shape index (κ2) is 7.43. The number of aliphatic hydroxyl groups excluding tert-OH is 1. The zero-order valence-corrected chi connectivity index (χ0v) is 12.4. The number of unbranched alkanes of at least 4 members (excludes halogenated alkanes) is 1. The van der Waals surface area contributed by atoms with E-state index in [0.29, 0.717) is 12.2 Å². The highest BCUT2D eigenvalue weighted by Gasteiger charge is 2.23. The van der Waals surface area contributed by atoms with Crippen LogP contribution in [-0.2, 0) is 4.74 Å². The highest BCUT2D eigenvalue weighted by Crippen LogP contribution is 2.15. The lowest BCUT2D eigenvalue weighted by atomic mass is 9.96. The highest BCUT2D eigenvalue weighted by molar-refractivity contribution is 4.80. The Bertz CT molecular complexity index is 222. The number of nitrogens with zero attached hydrogens (tertiary/aromatic N) is 1. The fourth-order valence-electron chi connectivity index (χ4n) is 2.60. The summed E-state index contributed by atoms with van der Waals surface area (Å²) in [6, 6.07) is 0. The zero-order valence-electron chi connectivity index (χ0n) is 12.4. The lowest BCUT2D eigenvalue weighted by molar-refractivity contribution is -0.0682. The van der Waals surface area contributed by atoms with Gasteiger partial charge in [-0.05, 0) is 47.2 Å². The third-order valence-corrected chi connectivity index (χ3v) is 3.90. The van der Waals surface area contributed by atoms with Crippen LogP contribution in [0.5, 0.6) is 0 Å². The van der Waals surface area contributed by atoms with Crippen molar-refractivity contribution in [3.63, 3.8) is 0 Å². The van der Waals surface area contributed by atoms with Gasteiger partial charge in [-0.3, -0.25) is 4.90 Å². The summed E-state index contributed by atoms with van der Waals surface area (Å²) < 4.78 is 5.73. The van der Waals surface area contributed by atoms with Crippen molar-refractivity contribution >= 4 is 0 Å². The average molecular weight is 258 g/mol. The van der Waals surface area contributed by atoms with Crippen LogP contribution in [-0.4, -0.2) is 61.0 Å². The van der Waals surface area contributed by atoms with Crippen LogP contribution in [0.4, 0.5) is 0 Å². The largest absolute Gasteiger partial charge is 0.394 e. The molecule has 4 heteroatoms. The van der Waals surface area contributed by atoms with E-state index in [9.17, 15) is 5.11 Å². The summed E-state index contributed by atoms with van der Waals surface area (Å²) in [7, 11) is 1.92. The van der Waals surface area contributed by atoms with E-state index in [1.54, 1.807) is 0 Å². The lowest BCUT2D eigenvalue weighted by Crippen LogP contribution is -2.46. The van der Waals surface area contributed by atoms with Crippen molar-refractivity contribution in [3.05, 3.63) is 0 Å². The van der Waals surface area contributed by atoms with Crippen LogP contribution in [0, 0.1) is 0 Å². The number of nitrogens with one attached hydrogen (secondary N) is 1. The molecule has 0 aromatic heterocycles. The van der Waals surface area contributed by atoms with Crippen molar-refractivity contribution in [2.24, 2.45) is 0 Å². The van der Waals surface area contributed by atoms with Crippen LogP contribution in [0.2, 0.25) is 0 Å². The van der Waals surface area contributed by atoms with E-state index in [-0.39, 0.29) is 12.1 Å². The molecule has 1 heterocycles. The van der Waals surface area contributed by atoms with Gasteiger partial charge >= 0.3 is 0 Å². The Balaban J connectivity index is 2.17. The molecule has 4 nitrogen and oxygen atoms in total. The molecule has 0 spiro atoms. The molecule has 3 unspecified atom stereocenters. The van der Waals surface area contributed by atoms with Gasteiger partial charge in [-0.15, -0.1) is 0 Å². The maximum atomic E-state index is 9.31. The van der Waals surface area contributed by atoms with Crippen LogP contribution in [0.25, 0.3) is 0 Å². The first-order valence-corrected chi connectivity index (χ1v) is 7.16. The van der Waals surface area contributed by atoms with Crippen LogP contribution < -0.4 is 5.32 Å². The third-order valence-electron chi connectivity index (χ3n) is 3.90. The van der Waals surface area contributed by atoms with Gasteiger partial charge in [0.15, 0.2) is 0 Å². The van der Waals surface area contributed by atoms with E-state index in [0.717, 1.165) is 32.5 Å². The summed E-state index contributed by atoms with van der Waals surface area (Å²) in [5.41, 5.74) is -0.119. The normalized spacial score (nSPS) is 29.2.